The van der Waals surface area contributed by atoms with E-state index in [9.17, 15) is 14.0 Å². The Kier molecular flexibility index (Phi) is 6.00. The number of rotatable bonds is 6. The average Bonchev–Trinajstić information content (AvgIpc) is 3.13. The number of halogens is 1. The lowest BCUT2D eigenvalue weighted by molar-refractivity contribution is -0.114. The summed E-state index contributed by atoms with van der Waals surface area (Å²) in [6, 6.07) is 10.9. The van der Waals surface area contributed by atoms with Gasteiger partial charge >= 0.3 is 0 Å². The molecule has 2 N–H and O–H groups in total. The molecule has 0 unspecified atom stereocenters. The largest absolute Gasteiger partial charge is 0.486 e. The second-order valence-electron chi connectivity index (χ2n) is 5.98. The molecule has 0 radical (unpaired) electrons. The standard InChI is InChI=1S/C20H18FN3O3S/c1-12-16(22-13(2)25)4-3-5-17(12)24-20(26)18-11-28-19(23-18)10-27-15-8-6-14(21)7-9-15/h3-9,11H,10H2,1-2H3,(H,22,25)(H,24,26). The van der Waals surface area contributed by atoms with Gasteiger partial charge in [-0.2, -0.15) is 0 Å². The Labute approximate surface area is 165 Å². The fraction of sp³-hybridized carbons (Fsp3) is 0.150. The molecule has 0 bridgehead atoms. The van der Waals surface area contributed by atoms with Gasteiger partial charge in [-0.1, -0.05) is 6.07 Å². The minimum atomic E-state index is -0.354. The van der Waals surface area contributed by atoms with Gasteiger partial charge < -0.3 is 15.4 Å². The second kappa shape index (κ2) is 8.62. The summed E-state index contributed by atoms with van der Waals surface area (Å²) in [7, 11) is 0. The lowest BCUT2D eigenvalue weighted by Gasteiger charge is -2.12. The Hall–Kier alpha value is -3.26. The Morgan fingerprint density at radius 2 is 1.79 bits per heavy atom. The second-order valence-corrected chi connectivity index (χ2v) is 6.93. The van der Waals surface area contributed by atoms with E-state index in [1.807, 2.05) is 6.92 Å². The van der Waals surface area contributed by atoms with Gasteiger partial charge in [0.1, 0.15) is 28.9 Å². The van der Waals surface area contributed by atoms with E-state index in [0.29, 0.717) is 22.1 Å². The zero-order valence-electron chi connectivity index (χ0n) is 15.3. The van der Waals surface area contributed by atoms with E-state index in [0.717, 1.165) is 5.56 Å². The summed E-state index contributed by atoms with van der Waals surface area (Å²) >= 11 is 1.30. The molecule has 28 heavy (non-hydrogen) atoms. The Balaban J connectivity index is 1.64. The molecule has 144 valence electrons. The smallest absolute Gasteiger partial charge is 0.275 e. The number of hydrogen-bond acceptors (Lipinski definition) is 5. The molecule has 0 fully saturated rings. The maximum Gasteiger partial charge on any atom is 0.275 e. The topological polar surface area (TPSA) is 80.3 Å². The Morgan fingerprint density at radius 1 is 1.11 bits per heavy atom. The molecule has 8 heteroatoms. The molecule has 1 aromatic heterocycles. The third kappa shape index (κ3) is 4.92. The van der Waals surface area contributed by atoms with Gasteiger partial charge in [0.15, 0.2) is 0 Å². The van der Waals surface area contributed by atoms with Gasteiger partial charge in [-0.15, -0.1) is 11.3 Å². The summed E-state index contributed by atoms with van der Waals surface area (Å²) in [4.78, 5) is 28.0. The van der Waals surface area contributed by atoms with Gasteiger partial charge in [0, 0.05) is 23.7 Å². The highest BCUT2D eigenvalue weighted by Gasteiger charge is 2.14. The first kappa shape index (κ1) is 19.5. The number of ether oxygens (including phenoxy) is 1. The van der Waals surface area contributed by atoms with E-state index in [4.69, 9.17) is 4.74 Å². The first-order chi connectivity index (χ1) is 13.4. The van der Waals surface area contributed by atoms with Gasteiger partial charge in [-0.05, 0) is 48.9 Å². The fourth-order valence-electron chi connectivity index (χ4n) is 2.44. The molecule has 6 nitrogen and oxygen atoms in total. The average molecular weight is 399 g/mol. The number of carbonyl (C=O) groups excluding carboxylic acids is 2. The summed E-state index contributed by atoms with van der Waals surface area (Å²) in [5.41, 5.74) is 2.25. The number of carbonyl (C=O) groups is 2. The van der Waals surface area contributed by atoms with Crippen LogP contribution < -0.4 is 15.4 Å². The predicted octanol–water partition coefficient (Wildman–Crippen LogP) is 4.38. The molecule has 2 amide bonds. The van der Waals surface area contributed by atoms with Crippen molar-refractivity contribution < 1.29 is 18.7 Å². The van der Waals surface area contributed by atoms with Crippen LogP contribution in [0.15, 0.2) is 47.8 Å². The van der Waals surface area contributed by atoms with E-state index in [-0.39, 0.29) is 29.9 Å². The fourth-order valence-corrected chi connectivity index (χ4v) is 3.13. The molecule has 0 aliphatic carbocycles. The van der Waals surface area contributed by atoms with Gasteiger partial charge in [-0.3, -0.25) is 9.59 Å². The third-order valence-electron chi connectivity index (χ3n) is 3.85. The molecule has 0 aliphatic heterocycles. The number of benzene rings is 2. The van der Waals surface area contributed by atoms with E-state index in [1.54, 1.807) is 23.6 Å². The van der Waals surface area contributed by atoms with Gasteiger partial charge in [0.2, 0.25) is 5.91 Å². The van der Waals surface area contributed by atoms with Crippen LogP contribution in [0.1, 0.15) is 28.0 Å². The maximum absolute atomic E-state index is 12.9. The molecule has 2 aromatic carbocycles. The van der Waals surface area contributed by atoms with Crippen molar-refractivity contribution in [3.8, 4) is 5.75 Å². The van der Waals surface area contributed by atoms with Crippen LogP contribution in [0.5, 0.6) is 5.75 Å². The number of amides is 2. The third-order valence-corrected chi connectivity index (χ3v) is 4.68. The van der Waals surface area contributed by atoms with Crippen LogP contribution in [0.4, 0.5) is 15.8 Å². The molecule has 0 saturated carbocycles. The lowest BCUT2D eigenvalue weighted by Crippen LogP contribution is -2.15. The Morgan fingerprint density at radius 3 is 2.46 bits per heavy atom. The van der Waals surface area contributed by atoms with Crippen LogP contribution in [0.3, 0.4) is 0 Å². The van der Waals surface area contributed by atoms with Crippen molar-refractivity contribution in [1.29, 1.82) is 0 Å². The summed E-state index contributed by atoms with van der Waals surface area (Å²) in [6.07, 6.45) is 0. The van der Waals surface area contributed by atoms with Crippen molar-refractivity contribution in [2.75, 3.05) is 10.6 Å². The highest BCUT2D eigenvalue weighted by Crippen LogP contribution is 2.24. The number of nitrogens with zero attached hydrogens (tertiary/aromatic N) is 1. The predicted molar refractivity (Wildman–Crippen MR) is 106 cm³/mol. The van der Waals surface area contributed by atoms with E-state index >= 15 is 0 Å². The molecule has 3 aromatic rings. The van der Waals surface area contributed by atoms with E-state index < -0.39 is 0 Å². The van der Waals surface area contributed by atoms with Gasteiger partial charge in [0.05, 0.1) is 0 Å². The molecule has 0 saturated heterocycles. The quantitative estimate of drug-likeness (QED) is 0.645. The summed E-state index contributed by atoms with van der Waals surface area (Å²) < 4.78 is 18.4. The van der Waals surface area contributed by atoms with E-state index in [2.05, 4.69) is 15.6 Å². The Bertz CT molecular complexity index is 1000. The van der Waals surface area contributed by atoms with Gasteiger partial charge in [0.25, 0.3) is 5.91 Å². The van der Waals surface area contributed by atoms with E-state index in [1.165, 1.54) is 42.5 Å². The highest BCUT2D eigenvalue weighted by molar-refractivity contribution is 7.09. The van der Waals surface area contributed by atoms with Gasteiger partial charge in [-0.25, -0.2) is 9.37 Å². The number of aromatic nitrogens is 1. The number of anilines is 2. The molecule has 0 aliphatic rings. The van der Waals surface area contributed by atoms with Crippen LogP contribution in [-0.4, -0.2) is 16.8 Å². The maximum atomic E-state index is 12.9. The van der Waals surface area contributed by atoms with Crippen molar-refractivity contribution in [2.45, 2.75) is 20.5 Å². The summed E-state index contributed by atoms with van der Waals surface area (Å²) in [6.45, 7) is 3.42. The van der Waals surface area contributed by atoms with Crippen molar-refractivity contribution in [1.82, 2.24) is 4.98 Å². The minimum Gasteiger partial charge on any atom is -0.486 e. The summed E-state index contributed by atoms with van der Waals surface area (Å²) in [5, 5.41) is 7.80. The SMILES string of the molecule is CC(=O)Nc1cccc(NC(=O)c2csc(COc3ccc(F)cc3)n2)c1C. The van der Waals surface area contributed by atoms with Crippen LogP contribution in [0.25, 0.3) is 0 Å². The van der Waals surface area contributed by atoms with Crippen molar-refractivity contribution in [3.63, 3.8) is 0 Å². The highest BCUT2D eigenvalue weighted by atomic mass is 32.1. The van der Waals surface area contributed by atoms with Crippen molar-refractivity contribution in [2.24, 2.45) is 0 Å². The van der Waals surface area contributed by atoms with Crippen LogP contribution in [0, 0.1) is 12.7 Å². The van der Waals surface area contributed by atoms with Crippen molar-refractivity contribution >= 4 is 34.5 Å². The molecule has 3 rings (SSSR count). The monoisotopic (exact) mass is 399 g/mol. The molecular weight excluding hydrogens is 381 g/mol. The van der Waals surface area contributed by atoms with Crippen LogP contribution in [0.2, 0.25) is 0 Å². The zero-order valence-corrected chi connectivity index (χ0v) is 16.1. The lowest BCUT2D eigenvalue weighted by atomic mass is 10.1. The molecule has 1 heterocycles. The van der Waals surface area contributed by atoms with Crippen LogP contribution in [-0.2, 0) is 11.4 Å². The normalized spacial score (nSPS) is 10.4. The van der Waals surface area contributed by atoms with Crippen LogP contribution >= 0.6 is 11.3 Å². The first-order valence-electron chi connectivity index (χ1n) is 8.43. The number of hydrogen-bond donors (Lipinski definition) is 2. The zero-order chi connectivity index (χ0) is 20.1. The number of nitrogens with one attached hydrogen (secondary N) is 2. The molecular formula is C20H18FN3O3S. The molecule has 0 atom stereocenters. The minimum absolute atomic E-state index is 0.181. The number of thiazole rings is 1. The van der Waals surface area contributed by atoms with Crippen molar-refractivity contribution in [3.05, 3.63) is 69.9 Å². The molecule has 0 spiro atoms. The first-order valence-corrected chi connectivity index (χ1v) is 9.31. The summed E-state index contributed by atoms with van der Waals surface area (Å²) in [5.74, 6) is -0.351.